The minimum absolute atomic E-state index is 0.0761. The Hall–Kier alpha value is -2.25. The summed E-state index contributed by atoms with van der Waals surface area (Å²) in [4.78, 5) is 18.1. The first-order chi connectivity index (χ1) is 12.6. The maximum absolute atomic E-state index is 11.5. The Morgan fingerprint density at radius 2 is 2.12 bits per heavy atom. The summed E-state index contributed by atoms with van der Waals surface area (Å²) in [6.45, 7) is 2.82. The molecule has 4 rings (SSSR count). The number of methoxy groups -OCH3 is 1. The largest absolute Gasteiger partial charge is 0.464 e. The van der Waals surface area contributed by atoms with E-state index in [0.29, 0.717) is 17.5 Å². The average molecular weight is 356 g/mol. The molecule has 1 aliphatic carbocycles. The van der Waals surface area contributed by atoms with Gasteiger partial charge in [0.25, 0.3) is 0 Å². The second-order valence-corrected chi connectivity index (χ2v) is 7.35. The summed E-state index contributed by atoms with van der Waals surface area (Å²) in [5, 5.41) is 14.9. The molecule has 4 atom stereocenters. The van der Waals surface area contributed by atoms with Gasteiger partial charge in [0.1, 0.15) is 5.69 Å². The molecule has 1 aliphatic heterocycles. The van der Waals surface area contributed by atoms with Crippen molar-refractivity contribution in [1.82, 2.24) is 19.7 Å². The third kappa shape index (κ3) is 3.37. The monoisotopic (exact) mass is 356 g/mol. The Kier molecular flexibility index (Phi) is 4.74. The Bertz CT molecular complexity index is 747. The van der Waals surface area contributed by atoms with E-state index in [4.69, 9.17) is 0 Å². The molecular formula is C19H24N4O3. The molecule has 0 radical (unpaired) electrons. The highest BCUT2D eigenvalue weighted by Gasteiger charge is 2.42. The number of pyridine rings is 1. The molecule has 7 nitrogen and oxygen atoms in total. The molecular weight excluding hydrogens is 332 g/mol. The first-order valence-electron chi connectivity index (χ1n) is 9.07. The molecule has 2 aromatic heterocycles. The van der Waals surface area contributed by atoms with Crippen LogP contribution in [0.25, 0.3) is 0 Å². The van der Waals surface area contributed by atoms with E-state index in [0.717, 1.165) is 38.0 Å². The van der Waals surface area contributed by atoms with Crippen LogP contribution in [0.5, 0.6) is 0 Å². The van der Waals surface area contributed by atoms with Gasteiger partial charge in [0.15, 0.2) is 0 Å². The van der Waals surface area contributed by atoms with E-state index in [-0.39, 0.29) is 12.1 Å². The topological polar surface area (TPSA) is 80.5 Å². The molecule has 1 saturated carbocycles. The van der Waals surface area contributed by atoms with Crippen molar-refractivity contribution in [2.45, 2.75) is 31.5 Å². The molecule has 0 amide bonds. The second-order valence-electron chi connectivity index (χ2n) is 7.35. The molecule has 1 N–H and O–H groups in total. The number of fused-ring (bicyclic) bond motifs is 1. The normalized spacial score (nSPS) is 28.7. The number of carbonyl (C=O) groups is 1. The lowest BCUT2D eigenvalue weighted by Crippen LogP contribution is -2.36. The van der Waals surface area contributed by atoms with Crippen molar-refractivity contribution in [3.8, 4) is 0 Å². The molecule has 0 unspecified atom stereocenters. The first-order valence-corrected chi connectivity index (χ1v) is 9.07. The fraction of sp³-hybridized carbons (Fsp3) is 0.526. The Morgan fingerprint density at radius 3 is 2.77 bits per heavy atom. The lowest BCUT2D eigenvalue weighted by Gasteiger charge is -2.35. The maximum Gasteiger partial charge on any atom is 0.356 e. The van der Waals surface area contributed by atoms with E-state index in [1.165, 1.54) is 7.11 Å². The molecule has 7 heteroatoms. The van der Waals surface area contributed by atoms with Gasteiger partial charge in [0.05, 0.1) is 19.3 Å². The standard InChI is InChI=1S/C19H24N4O3/c1-26-19(25)16-4-3-13(9-20-16)10-22-11-14-7-17(23-6-2-5-21-23)18(24)8-15(14)12-22/h2-6,9,14-15,17-18,24H,7-8,10-12H2,1H3/t14-,15+,17-,18-/m1/s1. The summed E-state index contributed by atoms with van der Waals surface area (Å²) < 4.78 is 6.58. The van der Waals surface area contributed by atoms with Crippen LogP contribution in [0.15, 0.2) is 36.8 Å². The van der Waals surface area contributed by atoms with Gasteiger partial charge in [-0.3, -0.25) is 9.58 Å². The molecule has 0 bridgehead atoms. The van der Waals surface area contributed by atoms with Crippen molar-refractivity contribution in [3.05, 3.63) is 48.0 Å². The van der Waals surface area contributed by atoms with Crippen LogP contribution in [0, 0.1) is 11.8 Å². The second kappa shape index (κ2) is 7.17. The van der Waals surface area contributed by atoms with Gasteiger partial charge in [-0.1, -0.05) is 6.07 Å². The summed E-state index contributed by atoms with van der Waals surface area (Å²) in [5.41, 5.74) is 1.41. The molecule has 2 aromatic rings. The SMILES string of the molecule is COC(=O)c1ccc(CN2C[C@H]3C[C@@H](n4cccn4)[C@H](O)C[C@H]3C2)cn1. The molecule has 3 heterocycles. The van der Waals surface area contributed by atoms with Gasteiger partial charge in [-0.2, -0.15) is 5.10 Å². The van der Waals surface area contributed by atoms with Gasteiger partial charge in [-0.15, -0.1) is 0 Å². The predicted molar refractivity (Wildman–Crippen MR) is 94.3 cm³/mol. The number of likely N-dealkylation sites (tertiary alicyclic amines) is 1. The van der Waals surface area contributed by atoms with E-state index < -0.39 is 5.97 Å². The zero-order valence-corrected chi connectivity index (χ0v) is 14.9. The number of hydrogen-bond acceptors (Lipinski definition) is 6. The Balaban J connectivity index is 1.38. The number of aliphatic hydroxyl groups is 1. The van der Waals surface area contributed by atoms with Gasteiger partial charge >= 0.3 is 5.97 Å². The molecule has 0 spiro atoms. The molecule has 2 aliphatic rings. The fourth-order valence-corrected chi connectivity index (χ4v) is 4.40. The molecule has 1 saturated heterocycles. The van der Waals surface area contributed by atoms with Crippen LogP contribution < -0.4 is 0 Å². The van der Waals surface area contributed by atoms with Crippen LogP contribution in [0.3, 0.4) is 0 Å². The lowest BCUT2D eigenvalue weighted by molar-refractivity contribution is 0.0306. The summed E-state index contributed by atoms with van der Waals surface area (Å²) in [6, 6.07) is 5.63. The van der Waals surface area contributed by atoms with Crippen LogP contribution in [-0.2, 0) is 11.3 Å². The number of aromatic nitrogens is 3. The highest BCUT2D eigenvalue weighted by molar-refractivity contribution is 5.86. The summed E-state index contributed by atoms with van der Waals surface area (Å²) in [7, 11) is 1.36. The minimum Gasteiger partial charge on any atom is -0.464 e. The number of ether oxygens (including phenoxy) is 1. The van der Waals surface area contributed by atoms with E-state index in [1.807, 2.05) is 23.0 Å². The minimum atomic E-state index is -0.414. The third-order valence-corrected chi connectivity index (χ3v) is 5.67. The zero-order valence-electron chi connectivity index (χ0n) is 14.9. The number of rotatable bonds is 4. The Labute approximate surface area is 152 Å². The van der Waals surface area contributed by atoms with Crippen molar-refractivity contribution >= 4 is 5.97 Å². The lowest BCUT2D eigenvalue weighted by atomic mass is 9.77. The van der Waals surface area contributed by atoms with Crippen molar-refractivity contribution in [1.29, 1.82) is 0 Å². The van der Waals surface area contributed by atoms with Crippen molar-refractivity contribution < 1.29 is 14.6 Å². The van der Waals surface area contributed by atoms with Gasteiger partial charge in [0.2, 0.25) is 0 Å². The molecule has 138 valence electrons. The van der Waals surface area contributed by atoms with Crippen LogP contribution in [0.2, 0.25) is 0 Å². The van der Waals surface area contributed by atoms with Crippen molar-refractivity contribution in [3.63, 3.8) is 0 Å². The highest BCUT2D eigenvalue weighted by atomic mass is 16.5. The first kappa shape index (κ1) is 17.2. The zero-order chi connectivity index (χ0) is 18.1. The van der Waals surface area contributed by atoms with Crippen LogP contribution in [-0.4, -0.2) is 57.0 Å². The molecule has 26 heavy (non-hydrogen) atoms. The van der Waals surface area contributed by atoms with Crippen molar-refractivity contribution in [2.75, 3.05) is 20.2 Å². The van der Waals surface area contributed by atoms with E-state index >= 15 is 0 Å². The number of carbonyl (C=O) groups excluding carboxylic acids is 1. The Morgan fingerprint density at radius 1 is 1.31 bits per heavy atom. The fourth-order valence-electron chi connectivity index (χ4n) is 4.40. The van der Waals surface area contributed by atoms with Crippen LogP contribution >= 0.6 is 0 Å². The third-order valence-electron chi connectivity index (χ3n) is 5.67. The number of esters is 1. The smallest absolute Gasteiger partial charge is 0.356 e. The van der Waals surface area contributed by atoms with Crippen LogP contribution in [0.4, 0.5) is 0 Å². The van der Waals surface area contributed by atoms with Crippen molar-refractivity contribution in [2.24, 2.45) is 11.8 Å². The average Bonchev–Trinajstić information content (AvgIpc) is 3.30. The summed E-state index contributed by atoms with van der Waals surface area (Å²) in [5.74, 6) is 0.691. The van der Waals surface area contributed by atoms with Gasteiger partial charge in [-0.25, -0.2) is 9.78 Å². The molecule has 0 aromatic carbocycles. The van der Waals surface area contributed by atoms with Crippen LogP contribution in [0.1, 0.15) is 34.9 Å². The maximum atomic E-state index is 11.5. The van der Waals surface area contributed by atoms with E-state index in [2.05, 4.69) is 19.7 Å². The van der Waals surface area contributed by atoms with Gasteiger partial charge < -0.3 is 9.84 Å². The summed E-state index contributed by atoms with van der Waals surface area (Å²) >= 11 is 0. The van der Waals surface area contributed by atoms with E-state index in [1.54, 1.807) is 18.5 Å². The van der Waals surface area contributed by atoms with Gasteiger partial charge in [0, 0.05) is 38.2 Å². The number of aliphatic hydroxyl groups excluding tert-OH is 1. The highest BCUT2D eigenvalue weighted by Crippen LogP contribution is 2.41. The summed E-state index contributed by atoms with van der Waals surface area (Å²) in [6.07, 6.45) is 6.90. The van der Waals surface area contributed by atoms with Gasteiger partial charge in [-0.05, 0) is 42.4 Å². The van der Waals surface area contributed by atoms with E-state index in [9.17, 15) is 9.90 Å². The number of hydrogen-bond donors (Lipinski definition) is 1. The number of nitrogens with zero attached hydrogens (tertiary/aromatic N) is 4. The molecule has 2 fully saturated rings. The predicted octanol–water partition coefficient (Wildman–Crippen LogP) is 1.51. The quantitative estimate of drug-likeness (QED) is 0.837.